The number of hydrogen-bond donors (Lipinski definition) is 0. The fraction of sp³-hybridized carbons (Fsp3) is 0.625. The SMILES string of the molecule is BrCCC(Br)CCCCCCOCc1ccccc1. The summed E-state index contributed by atoms with van der Waals surface area (Å²) in [4.78, 5) is 0.682. The maximum atomic E-state index is 5.67. The Bertz CT molecular complexity index is 303. The number of unbranched alkanes of at least 4 members (excludes halogenated alkanes) is 3. The first-order chi connectivity index (χ1) is 9.33. The number of rotatable bonds is 11. The highest BCUT2D eigenvalue weighted by atomic mass is 79.9. The Kier molecular flexibility index (Phi) is 10.8. The monoisotopic (exact) mass is 390 g/mol. The maximum absolute atomic E-state index is 5.67. The van der Waals surface area contributed by atoms with Gasteiger partial charge in [0.2, 0.25) is 0 Å². The van der Waals surface area contributed by atoms with Crippen LogP contribution in [0.2, 0.25) is 0 Å². The molecule has 108 valence electrons. The molecule has 0 aliphatic rings. The van der Waals surface area contributed by atoms with Gasteiger partial charge in [-0.25, -0.2) is 0 Å². The number of halogens is 2. The van der Waals surface area contributed by atoms with Gasteiger partial charge in [0.05, 0.1) is 6.61 Å². The average Bonchev–Trinajstić information content (AvgIpc) is 2.43. The summed E-state index contributed by atoms with van der Waals surface area (Å²) in [6.45, 7) is 1.63. The van der Waals surface area contributed by atoms with Crippen LogP contribution in [0.15, 0.2) is 30.3 Å². The molecular weight excluding hydrogens is 368 g/mol. The van der Waals surface area contributed by atoms with E-state index in [1.807, 2.05) is 6.07 Å². The van der Waals surface area contributed by atoms with E-state index in [1.165, 1.54) is 44.1 Å². The normalized spacial score (nSPS) is 12.5. The van der Waals surface area contributed by atoms with E-state index in [1.54, 1.807) is 0 Å². The van der Waals surface area contributed by atoms with Crippen molar-refractivity contribution in [2.24, 2.45) is 0 Å². The van der Waals surface area contributed by atoms with Gasteiger partial charge < -0.3 is 4.74 Å². The van der Waals surface area contributed by atoms with Crippen molar-refractivity contribution in [1.82, 2.24) is 0 Å². The van der Waals surface area contributed by atoms with Crippen molar-refractivity contribution in [3.8, 4) is 0 Å². The largest absolute Gasteiger partial charge is 0.377 e. The summed E-state index contributed by atoms with van der Waals surface area (Å²) in [5.74, 6) is 0. The van der Waals surface area contributed by atoms with Crippen LogP contribution in [0.5, 0.6) is 0 Å². The van der Waals surface area contributed by atoms with Crippen LogP contribution >= 0.6 is 31.9 Å². The molecule has 1 rings (SSSR count). The first-order valence-corrected chi connectivity index (χ1v) is 9.18. The van der Waals surface area contributed by atoms with E-state index < -0.39 is 0 Å². The van der Waals surface area contributed by atoms with Gasteiger partial charge in [-0.05, 0) is 24.8 Å². The average molecular weight is 392 g/mol. The zero-order valence-corrected chi connectivity index (χ0v) is 14.7. The summed E-state index contributed by atoms with van der Waals surface area (Å²) in [6, 6.07) is 10.4. The summed E-state index contributed by atoms with van der Waals surface area (Å²) < 4.78 is 5.67. The van der Waals surface area contributed by atoms with Crippen molar-refractivity contribution in [3.63, 3.8) is 0 Å². The predicted octanol–water partition coefficient (Wildman–Crippen LogP) is 5.70. The Morgan fingerprint density at radius 3 is 2.42 bits per heavy atom. The van der Waals surface area contributed by atoms with Gasteiger partial charge in [0.15, 0.2) is 0 Å². The molecule has 1 nitrogen and oxygen atoms in total. The molecule has 0 N–H and O–H groups in total. The van der Waals surface area contributed by atoms with Crippen molar-refractivity contribution < 1.29 is 4.74 Å². The second-order valence-electron chi connectivity index (χ2n) is 4.82. The summed E-state index contributed by atoms with van der Waals surface area (Å²) in [6.07, 6.45) is 7.61. The highest BCUT2D eigenvalue weighted by molar-refractivity contribution is 9.10. The van der Waals surface area contributed by atoms with Crippen LogP contribution in [-0.4, -0.2) is 16.8 Å². The van der Waals surface area contributed by atoms with Crippen molar-refractivity contribution in [2.75, 3.05) is 11.9 Å². The fourth-order valence-corrected chi connectivity index (χ4v) is 3.67. The molecule has 0 bridgehead atoms. The standard InChI is InChI=1S/C16H24Br2O/c17-12-11-16(18)10-6-1-2-7-13-19-14-15-8-4-3-5-9-15/h3-5,8-9,16H,1-2,6-7,10-14H2. The lowest BCUT2D eigenvalue weighted by Gasteiger charge is -2.07. The van der Waals surface area contributed by atoms with Crippen molar-refractivity contribution in [2.45, 2.75) is 50.0 Å². The zero-order valence-electron chi connectivity index (χ0n) is 11.5. The molecular formula is C16H24Br2O. The van der Waals surface area contributed by atoms with Gasteiger partial charge in [0.1, 0.15) is 0 Å². The van der Waals surface area contributed by atoms with E-state index in [0.717, 1.165) is 18.5 Å². The Balaban J connectivity index is 1.86. The molecule has 0 saturated heterocycles. The van der Waals surface area contributed by atoms with E-state index in [4.69, 9.17) is 4.74 Å². The van der Waals surface area contributed by atoms with Crippen LogP contribution < -0.4 is 0 Å². The summed E-state index contributed by atoms with van der Waals surface area (Å²) in [5.41, 5.74) is 1.26. The summed E-state index contributed by atoms with van der Waals surface area (Å²) in [5, 5.41) is 1.09. The van der Waals surface area contributed by atoms with Gasteiger partial charge in [-0.2, -0.15) is 0 Å². The van der Waals surface area contributed by atoms with Crippen LogP contribution in [0.3, 0.4) is 0 Å². The molecule has 0 heterocycles. The van der Waals surface area contributed by atoms with Gasteiger partial charge in [-0.1, -0.05) is 81.5 Å². The Morgan fingerprint density at radius 2 is 1.68 bits per heavy atom. The van der Waals surface area contributed by atoms with Crippen molar-refractivity contribution in [1.29, 1.82) is 0 Å². The molecule has 1 aromatic carbocycles. The third-order valence-electron chi connectivity index (χ3n) is 3.09. The molecule has 0 aromatic heterocycles. The minimum absolute atomic E-state index is 0.682. The molecule has 0 fully saturated rings. The van der Waals surface area contributed by atoms with Gasteiger partial charge in [-0.15, -0.1) is 0 Å². The molecule has 1 atom stereocenters. The third kappa shape index (κ3) is 9.64. The highest BCUT2D eigenvalue weighted by Crippen LogP contribution is 2.16. The summed E-state index contributed by atoms with van der Waals surface area (Å²) in [7, 11) is 0. The number of hydrogen-bond acceptors (Lipinski definition) is 1. The minimum atomic E-state index is 0.682. The first-order valence-electron chi connectivity index (χ1n) is 7.14. The second kappa shape index (κ2) is 11.9. The number of ether oxygens (including phenoxy) is 1. The lowest BCUT2D eigenvalue weighted by molar-refractivity contribution is 0.116. The van der Waals surface area contributed by atoms with Crippen molar-refractivity contribution in [3.05, 3.63) is 35.9 Å². The first kappa shape index (κ1) is 17.2. The highest BCUT2D eigenvalue weighted by Gasteiger charge is 2.02. The predicted molar refractivity (Wildman–Crippen MR) is 90.3 cm³/mol. The third-order valence-corrected chi connectivity index (χ3v) is 4.46. The second-order valence-corrected chi connectivity index (χ2v) is 6.90. The molecule has 19 heavy (non-hydrogen) atoms. The molecule has 0 spiro atoms. The molecule has 0 amide bonds. The smallest absolute Gasteiger partial charge is 0.0716 e. The summed E-state index contributed by atoms with van der Waals surface area (Å²) >= 11 is 7.18. The van der Waals surface area contributed by atoms with Crippen LogP contribution in [0.4, 0.5) is 0 Å². The van der Waals surface area contributed by atoms with Crippen molar-refractivity contribution >= 4 is 31.9 Å². The quantitative estimate of drug-likeness (QED) is 0.347. The zero-order chi connectivity index (χ0) is 13.8. The molecule has 0 aliphatic carbocycles. The van der Waals surface area contributed by atoms with E-state index in [2.05, 4.69) is 56.1 Å². The van der Waals surface area contributed by atoms with E-state index in [9.17, 15) is 0 Å². The lowest BCUT2D eigenvalue weighted by Crippen LogP contribution is -1.99. The Hall–Kier alpha value is 0.140. The van der Waals surface area contributed by atoms with Gasteiger partial charge in [0.25, 0.3) is 0 Å². The number of alkyl halides is 2. The van der Waals surface area contributed by atoms with E-state index in [-0.39, 0.29) is 0 Å². The van der Waals surface area contributed by atoms with Crippen LogP contribution in [-0.2, 0) is 11.3 Å². The van der Waals surface area contributed by atoms with E-state index in [0.29, 0.717) is 4.83 Å². The molecule has 0 radical (unpaired) electrons. The Labute approximate surface area is 134 Å². The van der Waals surface area contributed by atoms with Crippen LogP contribution in [0, 0.1) is 0 Å². The van der Waals surface area contributed by atoms with Gasteiger partial charge in [-0.3, -0.25) is 0 Å². The lowest BCUT2D eigenvalue weighted by atomic mass is 10.1. The molecule has 1 aromatic rings. The van der Waals surface area contributed by atoms with Crippen LogP contribution in [0.1, 0.15) is 44.1 Å². The topological polar surface area (TPSA) is 9.23 Å². The minimum Gasteiger partial charge on any atom is -0.377 e. The molecule has 0 aliphatic heterocycles. The van der Waals surface area contributed by atoms with Crippen LogP contribution in [0.25, 0.3) is 0 Å². The fourth-order valence-electron chi connectivity index (χ4n) is 1.95. The Morgan fingerprint density at radius 1 is 0.947 bits per heavy atom. The number of benzene rings is 1. The molecule has 0 saturated carbocycles. The molecule has 3 heteroatoms. The van der Waals surface area contributed by atoms with Gasteiger partial charge >= 0.3 is 0 Å². The van der Waals surface area contributed by atoms with Gasteiger partial charge in [0, 0.05) is 16.8 Å². The maximum Gasteiger partial charge on any atom is 0.0716 e. The van der Waals surface area contributed by atoms with E-state index >= 15 is 0 Å². The molecule has 1 unspecified atom stereocenters.